The van der Waals surface area contributed by atoms with Crippen LogP contribution in [0.3, 0.4) is 0 Å². The molecular formula is C16H23FN2S. The van der Waals surface area contributed by atoms with Crippen molar-refractivity contribution in [2.24, 2.45) is 5.92 Å². The van der Waals surface area contributed by atoms with Crippen molar-refractivity contribution in [2.75, 3.05) is 7.05 Å². The third kappa shape index (κ3) is 4.17. The fraction of sp³-hybridized carbons (Fsp3) is 0.562. The van der Waals surface area contributed by atoms with Crippen LogP contribution in [0.15, 0.2) is 24.3 Å². The van der Waals surface area contributed by atoms with Gasteiger partial charge in [-0.05, 0) is 61.5 Å². The van der Waals surface area contributed by atoms with Gasteiger partial charge in [0.2, 0.25) is 0 Å². The summed E-state index contributed by atoms with van der Waals surface area (Å²) >= 11 is 5.45. The maximum Gasteiger partial charge on any atom is 0.169 e. The molecule has 1 aromatic carbocycles. The Balaban J connectivity index is 1.80. The lowest BCUT2D eigenvalue weighted by molar-refractivity contribution is 0.237. The summed E-state index contributed by atoms with van der Waals surface area (Å²) in [5, 5.41) is 4.05. The van der Waals surface area contributed by atoms with Crippen LogP contribution in [-0.2, 0) is 6.54 Å². The Morgan fingerprint density at radius 3 is 2.45 bits per heavy atom. The van der Waals surface area contributed by atoms with Crippen molar-refractivity contribution < 1.29 is 4.39 Å². The molecule has 0 radical (unpaired) electrons. The molecule has 0 aliphatic heterocycles. The average Bonchev–Trinajstić information content (AvgIpc) is 2.46. The Bertz CT molecular complexity index is 438. The molecule has 1 N–H and O–H groups in total. The van der Waals surface area contributed by atoms with Crippen LogP contribution in [-0.4, -0.2) is 23.1 Å². The van der Waals surface area contributed by atoms with E-state index in [9.17, 15) is 4.39 Å². The summed E-state index contributed by atoms with van der Waals surface area (Å²) in [7, 11) is 2.07. The zero-order valence-electron chi connectivity index (χ0n) is 12.2. The molecule has 0 unspecified atom stereocenters. The number of nitrogens with one attached hydrogen (secondary N) is 1. The van der Waals surface area contributed by atoms with Crippen LogP contribution in [0, 0.1) is 11.7 Å². The topological polar surface area (TPSA) is 15.3 Å². The smallest absolute Gasteiger partial charge is 0.169 e. The molecular weight excluding hydrogens is 271 g/mol. The van der Waals surface area contributed by atoms with Crippen molar-refractivity contribution in [2.45, 2.75) is 45.2 Å². The number of hydrogen-bond acceptors (Lipinski definition) is 1. The minimum absolute atomic E-state index is 0.204. The van der Waals surface area contributed by atoms with E-state index in [0.29, 0.717) is 12.6 Å². The third-order valence-electron chi connectivity index (χ3n) is 4.21. The second kappa shape index (κ2) is 7.02. The van der Waals surface area contributed by atoms with Gasteiger partial charge in [0.1, 0.15) is 5.82 Å². The highest BCUT2D eigenvalue weighted by Gasteiger charge is 2.22. The summed E-state index contributed by atoms with van der Waals surface area (Å²) in [6.07, 6.45) is 5.01. The SMILES string of the molecule is CC1CCC(N(C)C(=S)NCc2ccc(F)cc2)CC1. The van der Waals surface area contributed by atoms with Gasteiger partial charge in [-0.3, -0.25) is 0 Å². The number of hydrogen-bond donors (Lipinski definition) is 1. The summed E-state index contributed by atoms with van der Waals surface area (Å²) in [6.45, 7) is 2.97. The van der Waals surface area contributed by atoms with Gasteiger partial charge in [0.25, 0.3) is 0 Å². The van der Waals surface area contributed by atoms with E-state index in [2.05, 4.69) is 24.2 Å². The molecule has 0 aromatic heterocycles. The van der Waals surface area contributed by atoms with Crippen LogP contribution < -0.4 is 5.32 Å². The van der Waals surface area contributed by atoms with Crippen LogP contribution in [0.2, 0.25) is 0 Å². The van der Waals surface area contributed by atoms with Crippen LogP contribution in [0.4, 0.5) is 4.39 Å². The van der Waals surface area contributed by atoms with E-state index >= 15 is 0 Å². The van der Waals surface area contributed by atoms with Crippen molar-refractivity contribution in [3.05, 3.63) is 35.6 Å². The molecule has 110 valence electrons. The van der Waals surface area contributed by atoms with Crippen molar-refractivity contribution in [3.63, 3.8) is 0 Å². The highest BCUT2D eigenvalue weighted by Crippen LogP contribution is 2.26. The lowest BCUT2D eigenvalue weighted by Crippen LogP contribution is -2.44. The van der Waals surface area contributed by atoms with Gasteiger partial charge in [-0.2, -0.15) is 0 Å². The normalized spacial score (nSPS) is 22.4. The molecule has 0 bridgehead atoms. The summed E-state index contributed by atoms with van der Waals surface area (Å²) < 4.78 is 12.8. The van der Waals surface area contributed by atoms with Gasteiger partial charge < -0.3 is 10.2 Å². The van der Waals surface area contributed by atoms with E-state index < -0.39 is 0 Å². The number of halogens is 1. The highest BCUT2D eigenvalue weighted by atomic mass is 32.1. The van der Waals surface area contributed by atoms with Gasteiger partial charge in [0.05, 0.1) is 0 Å². The number of benzene rings is 1. The first-order valence-corrected chi connectivity index (χ1v) is 7.72. The molecule has 0 amide bonds. The Morgan fingerprint density at radius 1 is 1.25 bits per heavy atom. The maximum absolute atomic E-state index is 12.8. The molecule has 1 aliphatic rings. The highest BCUT2D eigenvalue weighted by molar-refractivity contribution is 7.80. The molecule has 0 saturated heterocycles. The Hall–Kier alpha value is -1.16. The molecule has 0 atom stereocenters. The van der Waals surface area contributed by atoms with Crippen LogP contribution in [0.25, 0.3) is 0 Å². The standard InChI is InChI=1S/C16H23FN2S/c1-12-3-9-15(10-4-12)19(2)16(20)18-11-13-5-7-14(17)8-6-13/h5-8,12,15H,3-4,9-11H2,1-2H3,(H,18,20). The lowest BCUT2D eigenvalue weighted by Gasteiger charge is -2.35. The lowest BCUT2D eigenvalue weighted by atomic mass is 9.87. The first-order valence-electron chi connectivity index (χ1n) is 7.31. The summed E-state index contributed by atoms with van der Waals surface area (Å²) in [6, 6.07) is 7.08. The van der Waals surface area contributed by atoms with Gasteiger partial charge in [-0.1, -0.05) is 19.1 Å². The first kappa shape index (κ1) is 15.2. The molecule has 0 spiro atoms. The fourth-order valence-corrected chi connectivity index (χ4v) is 2.92. The van der Waals surface area contributed by atoms with E-state index in [4.69, 9.17) is 12.2 Å². The third-order valence-corrected chi connectivity index (χ3v) is 4.64. The molecule has 4 heteroatoms. The van der Waals surface area contributed by atoms with E-state index in [1.807, 2.05) is 0 Å². The summed E-state index contributed by atoms with van der Waals surface area (Å²) in [5.74, 6) is 0.644. The van der Waals surface area contributed by atoms with Gasteiger partial charge in [0.15, 0.2) is 5.11 Å². The quantitative estimate of drug-likeness (QED) is 0.856. The minimum atomic E-state index is -0.204. The summed E-state index contributed by atoms with van der Waals surface area (Å²) in [4.78, 5) is 2.19. The Kier molecular flexibility index (Phi) is 5.35. The maximum atomic E-state index is 12.8. The van der Waals surface area contributed by atoms with Crippen molar-refractivity contribution in [3.8, 4) is 0 Å². The van der Waals surface area contributed by atoms with Crippen molar-refractivity contribution >= 4 is 17.3 Å². The fourth-order valence-electron chi connectivity index (χ4n) is 2.70. The second-order valence-corrected chi connectivity index (χ2v) is 6.20. The molecule has 0 heterocycles. The van der Waals surface area contributed by atoms with Crippen molar-refractivity contribution in [1.82, 2.24) is 10.2 Å². The van der Waals surface area contributed by atoms with Crippen LogP contribution >= 0.6 is 12.2 Å². The van der Waals surface area contributed by atoms with E-state index in [1.54, 1.807) is 12.1 Å². The largest absolute Gasteiger partial charge is 0.358 e. The number of nitrogens with zero attached hydrogens (tertiary/aromatic N) is 1. The monoisotopic (exact) mass is 294 g/mol. The average molecular weight is 294 g/mol. The molecule has 1 saturated carbocycles. The van der Waals surface area contributed by atoms with Crippen LogP contribution in [0.1, 0.15) is 38.2 Å². The van der Waals surface area contributed by atoms with E-state index in [0.717, 1.165) is 16.6 Å². The van der Waals surface area contributed by atoms with Gasteiger partial charge in [-0.15, -0.1) is 0 Å². The molecule has 2 rings (SSSR count). The zero-order valence-corrected chi connectivity index (χ0v) is 13.0. The second-order valence-electron chi connectivity index (χ2n) is 5.81. The molecule has 1 fully saturated rings. The van der Waals surface area contributed by atoms with Crippen molar-refractivity contribution in [1.29, 1.82) is 0 Å². The predicted molar refractivity (Wildman–Crippen MR) is 85.0 cm³/mol. The molecule has 20 heavy (non-hydrogen) atoms. The number of thiocarbonyl (C=S) groups is 1. The molecule has 2 nitrogen and oxygen atoms in total. The minimum Gasteiger partial charge on any atom is -0.358 e. The molecule has 1 aliphatic carbocycles. The Morgan fingerprint density at radius 2 is 1.85 bits per heavy atom. The number of rotatable bonds is 3. The Labute approximate surface area is 126 Å². The van der Waals surface area contributed by atoms with E-state index in [-0.39, 0.29) is 5.82 Å². The summed E-state index contributed by atoms with van der Waals surface area (Å²) in [5.41, 5.74) is 1.04. The first-order chi connectivity index (χ1) is 9.56. The predicted octanol–water partition coefficient (Wildman–Crippen LogP) is 3.71. The van der Waals surface area contributed by atoms with Gasteiger partial charge in [-0.25, -0.2) is 4.39 Å². The van der Waals surface area contributed by atoms with Crippen LogP contribution in [0.5, 0.6) is 0 Å². The van der Waals surface area contributed by atoms with Gasteiger partial charge >= 0.3 is 0 Å². The van der Waals surface area contributed by atoms with Gasteiger partial charge in [0, 0.05) is 19.6 Å². The van der Waals surface area contributed by atoms with E-state index in [1.165, 1.54) is 37.8 Å². The zero-order chi connectivity index (χ0) is 14.5. The molecule has 1 aromatic rings.